The molecule has 4 nitrogen and oxygen atoms in total. The second-order valence-electron chi connectivity index (χ2n) is 7.06. The molecule has 0 radical (unpaired) electrons. The number of nitrogens with zero attached hydrogens (tertiary/aromatic N) is 1. The van der Waals surface area contributed by atoms with Gasteiger partial charge in [-0.15, -0.1) is 0 Å². The quantitative estimate of drug-likeness (QED) is 0.780. The SMILES string of the molecule is CC(=O)c1cccc(-c2ccc3c(c2)COC2(CCN(C)CC2)O3)c1. The summed E-state index contributed by atoms with van der Waals surface area (Å²) in [5, 5.41) is 0. The zero-order valence-electron chi connectivity index (χ0n) is 14.7. The Kier molecular flexibility index (Phi) is 4.10. The summed E-state index contributed by atoms with van der Waals surface area (Å²) in [6, 6.07) is 13.9. The van der Waals surface area contributed by atoms with Gasteiger partial charge in [0.1, 0.15) is 5.75 Å². The molecule has 0 aliphatic carbocycles. The van der Waals surface area contributed by atoms with E-state index in [0.717, 1.165) is 53.9 Å². The van der Waals surface area contributed by atoms with Gasteiger partial charge in [-0.3, -0.25) is 4.79 Å². The molecule has 2 aromatic carbocycles. The van der Waals surface area contributed by atoms with Crippen LogP contribution in [0.4, 0.5) is 0 Å². The molecule has 0 unspecified atom stereocenters. The van der Waals surface area contributed by atoms with Gasteiger partial charge in [0.05, 0.1) is 6.61 Å². The van der Waals surface area contributed by atoms with E-state index < -0.39 is 5.79 Å². The first-order chi connectivity index (χ1) is 12.0. The third kappa shape index (κ3) is 3.20. The van der Waals surface area contributed by atoms with Gasteiger partial charge < -0.3 is 14.4 Å². The smallest absolute Gasteiger partial charge is 0.213 e. The highest BCUT2D eigenvalue weighted by atomic mass is 16.7. The highest BCUT2D eigenvalue weighted by Gasteiger charge is 2.40. The number of ether oxygens (including phenoxy) is 2. The first-order valence-electron chi connectivity index (χ1n) is 8.80. The maximum Gasteiger partial charge on any atom is 0.213 e. The Morgan fingerprint density at radius 3 is 2.60 bits per heavy atom. The van der Waals surface area contributed by atoms with E-state index in [0.29, 0.717) is 6.61 Å². The molecule has 1 fully saturated rings. The number of hydrogen-bond donors (Lipinski definition) is 0. The topological polar surface area (TPSA) is 38.8 Å². The molecule has 2 aliphatic heterocycles. The molecule has 0 saturated carbocycles. The van der Waals surface area contributed by atoms with Crippen molar-refractivity contribution in [2.75, 3.05) is 20.1 Å². The number of fused-ring (bicyclic) bond motifs is 1. The Bertz CT molecular complexity index is 807. The summed E-state index contributed by atoms with van der Waals surface area (Å²) in [7, 11) is 2.13. The number of ketones is 1. The van der Waals surface area contributed by atoms with Crippen LogP contribution in [0.15, 0.2) is 42.5 Å². The highest BCUT2D eigenvalue weighted by Crippen LogP contribution is 2.39. The van der Waals surface area contributed by atoms with Crippen LogP contribution in [0, 0.1) is 0 Å². The number of Topliss-reactive ketones (excluding diaryl/α,β-unsaturated/α-hetero) is 1. The minimum atomic E-state index is -0.463. The van der Waals surface area contributed by atoms with Crippen molar-refractivity contribution in [2.45, 2.75) is 32.2 Å². The summed E-state index contributed by atoms with van der Waals surface area (Å²) in [5.74, 6) is 0.535. The number of hydrogen-bond acceptors (Lipinski definition) is 4. The lowest BCUT2D eigenvalue weighted by Gasteiger charge is -2.43. The minimum absolute atomic E-state index is 0.0793. The van der Waals surface area contributed by atoms with Crippen LogP contribution < -0.4 is 4.74 Å². The van der Waals surface area contributed by atoms with Crippen LogP contribution in [-0.2, 0) is 11.3 Å². The van der Waals surface area contributed by atoms with Crippen molar-refractivity contribution in [3.63, 3.8) is 0 Å². The van der Waals surface area contributed by atoms with E-state index in [-0.39, 0.29) is 5.78 Å². The Balaban J connectivity index is 1.60. The van der Waals surface area contributed by atoms with Gasteiger partial charge >= 0.3 is 0 Å². The van der Waals surface area contributed by atoms with E-state index in [1.807, 2.05) is 30.3 Å². The van der Waals surface area contributed by atoms with Crippen LogP contribution in [-0.4, -0.2) is 36.6 Å². The summed E-state index contributed by atoms with van der Waals surface area (Å²) in [4.78, 5) is 13.9. The summed E-state index contributed by atoms with van der Waals surface area (Å²) in [6.45, 7) is 4.14. The van der Waals surface area contributed by atoms with Crippen LogP contribution in [0.3, 0.4) is 0 Å². The van der Waals surface area contributed by atoms with E-state index >= 15 is 0 Å². The molecule has 0 aromatic heterocycles. The molecule has 0 amide bonds. The van der Waals surface area contributed by atoms with Gasteiger partial charge in [0.15, 0.2) is 5.78 Å². The van der Waals surface area contributed by atoms with Gasteiger partial charge in [-0.2, -0.15) is 0 Å². The first kappa shape index (κ1) is 16.3. The molecular weight excluding hydrogens is 314 g/mol. The molecule has 4 rings (SSSR count). The van der Waals surface area contributed by atoms with Gasteiger partial charge in [0.2, 0.25) is 5.79 Å². The number of benzene rings is 2. The van der Waals surface area contributed by atoms with Crippen LogP contribution in [0.5, 0.6) is 5.75 Å². The molecule has 25 heavy (non-hydrogen) atoms. The second kappa shape index (κ2) is 6.28. The third-order valence-electron chi connectivity index (χ3n) is 5.20. The molecule has 0 bridgehead atoms. The van der Waals surface area contributed by atoms with Crippen LogP contribution in [0.2, 0.25) is 0 Å². The fourth-order valence-electron chi connectivity index (χ4n) is 3.53. The van der Waals surface area contributed by atoms with E-state index in [2.05, 4.69) is 24.1 Å². The van der Waals surface area contributed by atoms with Crippen molar-refractivity contribution in [2.24, 2.45) is 0 Å². The lowest BCUT2D eigenvalue weighted by Crippen LogP contribution is -2.50. The summed E-state index contributed by atoms with van der Waals surface area (Å²) in [6.07, 6.45) is 1.79. The number of piperidine rings is 1. The first-order valence-corrected chi connectivity index (χ1v) is 8.80. The fourth-order valence-corrected chi connectivity index (χ4v) is 3.53. The summed E-state index contributed by atoms with van der Waals surface area (Å²) in [5.41, 5.74) is 3.91. The molecule has 2 aliphatic rings. The van der Waals surface area contributed by atoms with Crippen molar-refractivity contribution in [3.8, 4) is 16.9 Å². The highest BCUT2D eigenvalue weighted by molar-refractivity contribution is 5.95. The van der Waals surface area contributed by atoms with Crippen LogP contribution in [0.25, 0.3) is 11.1 Å². The molecule has 1 spiro atoms. The molecule has 130 valence electrons. The van der Waals surface area contributed by atoms with E-state index in [1.54, 1.807) is 6.92 Å². The molecule has 4 heteroatoms. The van der Waals surface area contributed by atoms with Crippen LogP contribution in [0.1, 0.15) is 35.7 Å². The molecule has 0 atom stereocenters. The standard InChI is InChI=1S/C21H23NO3/c1-15(23)16-4-3-5-17(12-16)18-6-7-20-19(13-18)14-24-21(25-20)8-10-22(2)11-9-21/h3-7,12-13H,8-11,14H2,1-2H3. The Morgan fingerprint density at radius 1 is 1.08 bits per heavy atom. The summed E-state index contributed by atoms with van der Waals surface area (Å²) >= 11 is 0. The number of likely N-dealkylation sites (tertiary alicyclic amines) is 1. The molecule has 2 heterocycles. The lowest BCUT2D eigenvalue weighted by atomic mass is 9.98. The van der Waals surface area contributed by atoms with E-state index in [1.165, 1.54) is 0 Å². The molecule has 0 N–H and O–H groups in total. The molecule has 2 aromatic rings. The van der Waals surface area contributed by atoms with Crippen molar-refractivity contribution >= 4 is 5.78 Å². The van der Waals surface area contributed by atoms with Crippen molar-refractivity contribution in [1.29, 1.82) is 0 Å². The zero-order valence-corrected chi connectivity index (χ0v) is 14.7. The fraction of sp³-hybridized carbons (Fsp3) is 0.381. The molecule has 1 saturated heterocycles. The second-order valence-corrected chi connectivity index (χ2v) is 7.06. The Labute approximate surface area is 148 Å². The van der Waals surface area contributed by atoms with Crippen molar-refractivity contribution in [3.05, 3.63) is 53.6 Å². The summed E-state index contributed by atoms with van der Waals surface area (Å²) < 4.78 is 12.4. The van der Waals surface area contributed by atoms with Crippen molar-refractivity contribution in [1.82, 2.24) is 4.90 Å². The van der Waals surface area contributed by atoms with Gasteiger partial charge in [0, 0.05) is 37.1 Å². The predicted octanol–water partition coefficient (Wildman–Crippen LogP) is 3.89. The number of carbonyl (C=O) groups is 1. The normalized spacial score (nSPS) is 19.3. The largest absolute Gasteiger partial charge is 0.462 e. The number of carbonyl (C=O) groups excluding carboxylic acids is 1. The maximum absolute atomic E-state index is 11.6. The predicted molar refractivity (Wildman–Crippen MR) is 96.8 cm³/mol. The Hall–Kier alpha value is -2.17. The zero-order chi connectivity index (χ0) is 17.4. The third-order valence-corrected chi connectivity index (χ3v) is 5.20. The van der Waals surface area contributed by atoms with E-state index in [4.69, 9.17) is 9.47 Å². The monoisotopic (exact) mass is 337 g/mol. The average Bonchev–Trinajstić information content (AvgIpc) is 2.64. The lowest BCUT2D eigenvalue weighted by molar-refractivity contribution is -0.226. The molecular formula is C21H23NO3. The minimum Gasteiger partial charge on any atom is -0.462 e. The average molecular weight is 337 g/mol. The van der Waals surface area contributed by atoms with Crippen LogP contribution >= 0.6 is 0 Å². The maximum atomic E-state index is 11.6. The van der Waals surface area contributed by atoms with Gasteiger partial charge in [-0.1, -0.05) is 24.3 Å². The Morgan fingerprint density at radius 2 is 1.84 bits per heavy atom. The van der Waals surface area contributed by atoms with Gasteiger partial charge in [-0.05, 0) is 43.3 Å². The van der Waals surface area contributed by atoms with Gasteiger partial charge in [-0.25, -0.2) is 0 Å². The van der Waals surface area contributed by atoms with E-state index in [9.17, 15) is 4.79 Å². The van der Waals surface area contributed by atoms with Crippen molar-refractivity contribution < 1.29 is 14.3 Å². The van der Waals surface area contributed by atoms with Gasteiger partial charge in [0.25, 0.3) is 0 Å². The number of rotatable bonds is 2.